The average molecular weight is 296 g/mol. The number of hydrogen-bond donors (Lipinski definition) is 0. The van der Waals surface area contributed by atoms with Gasteiger partial charge in [0.05, 0.1) is 0 Å². The molecule has 1 fully saturated rings. The van der Waals surface area contributed by atoms with Crippen molar-refractivity contribution >= 4 is 27.4 Å². The highest BCUT2D eigenvalue weighted by atomic mass is 79.9. The van der Waals surface area contributed by atoms with E-state index in [0.29, 0.717) is 4.83 Å². The van der Waals surface area contributed by atoms with Crippen LogP contribution in [-0.2, 0) is 0 Å². The molecule has 0 bridgehead atoms. The molecule has 0 unspecified atom stereocenters. The molecule has 6 heteroatoms. The Kier molecular flexibility index (Phi) is 2.74. The lowest BCUT2D eigenvalue weighted by Crippen LogP contribution is -2.34. The molecule has 2 aromatic rings. The zero-order valence-corrected chi connectivity index (χ0v) is 11.3. The molecule has 1 aliphatic rings. The highest BCUT2D eigenvalue weighted by Crippen LogP contribution is 2.24. The van der Waals surface area contributed by atoms with Crippen molar-refractivity contribution in [1.82, 2.24) is 19.6 Å². The molecule has 1 saturated heterocycles. The molecular weight excluding hydrogens is 282 g/mol. The Bertz CT molecular complexity index is 530. The van der Waals surface area contributed by atoms with Crippen molar-refractivity contribution in [3.05, 3.63) is 18.2 Å². The van der Waals surface area contributed by atoms with E-state index in [-0.39, 0.29) is 0 Å². The Hall–Kier alpha value is -1.17. The fraction of sp³-hybridized carbons (Fsp3) is 0.545. The van der Waals surface area contributed by atoms with Gasteiger partial charge in [-0.15, -0.1) is 10.2 Å². The maximum atomic E-state index is 4.46. The molecule has 0 spiro atoms. The van der Waals surface area contributed by atoms with Crippen molar-refractivity contribution in [2.24, 2.45) is 0 Å². The first-order chi connectivity index (χ1) is 8.25. The highest BCUT2D eigenvalue weighted by Gasteiger charge is 2.20. The minimum atomic E-state index is 0.637. The summed E-state index contributed by atoms with van der Waals surface area (Å²) < 4.78 is 1.99. The number of anilines is 1. The van der Waals surface area contributed by atoms with Gasteiger partial charge in [-0.1, -0.05) is 15.9 Å². The standard InChI is InChI=1S/C11H14BrN5/c1-8-14-15-11-10(13-4-7-17(8)11)16-5-2-9(12)3-6-16/h4,7,9H,2-3,5-6H2,1H3. The van der Waals surface area contributed by atoms with Gasteiger partial charge in [-0.2, -0.15) is 0 Å². The number of aromatic nitrogens is 4. The summed E-state index contributed by atoms with van der Waals surface area (Å²) in [7, 11) is 0. The van der Waals surface area contributed by atoms with Gasteiger partial charge < -0.3 is 4.90 Å². The second-order valence-electron chi connectivity index (χ2n) is 4.35. The minimum Gasteiger partial charge on any atom is -0.353 e. The lowest BCUT2D eigenvalue weighted by molar-refractivity contribution is 0.593. The van der Waals surface area contributed by atoms with Crippen molar-refractivity contribution in [3.63, 3.8) is 0 Å². The van der Waals surface area contributed by atoms with Crippen LogP contribution in [0.15, 0.2) is 12.4 Å². The zero-order chi connectivity index (χ0) is 11.8. The van der Waals surface area contributed by atoms with Crippen LogP contribution in [-0.4, -0.2) is 37.5 Å². The summed E-state index contributed by atoms with van der Waals surface area (Å²) in [5.41, 5.74) is 0.859. The topological polar surface area (TPSA) is 46.3 Å². The fourth-order valence-electron chi connectivity index (χ4n) is 2.21. The zero-order valence-electron chi connectivity index (χ0n) is 9.67. The van der Waals surface area contributed by atoms with Crippen LogP contribution in [0.25, 0.3) is 5.65 Å². The number of piperidine rings is 1. The van der Waals surface area contributed by atoms with Gasteiger partial charge >= 0.3 is 0 Å². The summed E-state index contributed by atoms with van der Waals surface area (Å²) in [6, 6.07) is 0. The Balaban J connectivity index is 2.00. The van der Waals surface area contributed by atoms with Crippen molar-refractivity contribution in [2.45, 2.75) is 24.6 Å². The quantitative estimate of drug-likeness (QED) is 0.753. The minimum absolute atomic E-state index is 0.637. The third-order valence-electron chi connectivity index (χ3n) is 3.20. The van der Waals surface area contributed by atoms with E-state index in [1.165, 1.54) is 0 Å². The Labute approximate surface area is 108 Å². The maximum absolute atomic E-state index is 4.46. The molecule has 3 heterocycles. The normalized spacial score (nSPS) is 17.9. The summed E-state index contributed by atoms with van der Waals surface area (Å²) in [4.78, 5) is 7.39. The second-order valence-corrected chi connectivity index (χ2v) is 5.65. The van der Waals surface area contributed by atoms with Crippen LogP contribution in [0.2, 0.25) is 0 Å². The maximum Gasteiger partial charge on any atom is 0.203 e. The number of alkyl halides is 1. The van der Waals surface area contributed by atoms with Crippen LogP contribution in [0.1, 0.15) is 18.7 Å². The van der Waals surface area contributed by atoms with Gasteiger partial charge in [0.15, 0.2) is 5.82 Å². The van der Waals surface area contributed by atoms with Crippen molar-refractivity contribution in [2.75, 3.05) is 18.0 Å². The summed E-state index contributed by atoms with van der Waals surface area (Å²) in [5.74, 6) is 1.85. The van der Waals surface area contributed by atoms with Crippen molar-refractivity contribution in [1.29, 1.82) is 0 Å². The van der Waals surface area contributed by atoms with Crippen LogP contribution in [0.3, 0.4) is 0 Å². The van der Waals surface area contributed by atoms with E-state index in [1.807, 2.05) is 23.7 Å². The largest absolute Gasteiger partial charge is 0.353 e. The van der Waals surface area contributed by atoms with Gasteiger partial charge in [-0.05, 0) is 19.8 Å². The summed E-state index contributed by atoms with van der Waals surface area (Å²) in [6.07, 6.45) is 6.02. The van der Waals surface area contributed by atoms with Crippen LogP contribution in [0, 0.1) is 6.92 Å². The molecule has 0 saturated carbocycles. The predicted molar refractivity (Wildman–Crippen MR) is 69.7 cm³/mol. The molecule has 5 nitrogen and oxygen atoms in total. The van der Waals surface area contributed by atoms with Crippen molar-refractivity contribution in [3.8, 4) is 0 Å². The Morgan fingerprint density at radius 1 is 1.29 bits per heavy atom. The van der Waals surface area contributed by atoms with E-state index in [1.54, 1.807) is 0 Å². The number of halogens is 1. The molecule has 0 amide bonds. The Morgan fingerprint density at radius 3 is 2.82 bits per heavy atom. The molecule has 0 N–H and O–H groups in total. The van der Waals surface area contributed by atoms with Gasteiger partial charge in [0.1, 0.15) is 5.82 Å². The molecule has 1 aliphatic heterocycles. The van der Waals surface area contributed by atoms with Crippen LogP contribution < -0.4 is 4.90 Å². The van der Waals surface area contributed by atoms with E-state index >= 15 is 0 Å². The SMILES string of the molecule is Cc1nnc2c(N3CCC(Br)CC3)nccn12. The first-order valence-electron chi connectivity index (χ1n) is 5.81. The monoisotopic (exact) mass is 295 g/mol. The molecule has 0 radical (unpaired) electrons. The number of hydrogen-bond acceptors (Lipinski definition) is 4. The molecule has 0 aliphatic carbocycles. The first-order valence-corrected chi connectivity index (χ1v) is 6.72. The lowest BCUT2D eigenvalue weighted by Gasteiger charge is -2.30. The van der Waals surface area contributed by atoms with Gasteiger partial charge in [0.25, 0.3) is 0 Å². The van der Waals surface area contributed by atoms with Crippen LogP contribution in [0.5, 0.6) is 0 Å². The summed E-state index contributed by atoms with van der Waals surface area (Å²) in [6.45, 7) is 4.00. The highest BCUT2D eigenvalue weighted by molar-refractivity contribution is 9.09. The number of fused-ring (bicyclic) bond motifs is 1. The van der Waals surface area contributed by atoms with Gasteiger partial charge in [-0.25, -0.2) is 4.98 Å². The van der Waals surface area contributed by atoms with Crippen molar-refractivity contribution < 1.29 is 0 Å². The molecule has 0 atom stereocenters. The van der Waals surface area contributed by atoms with Crippen LogP contribution in [0.4, 0.5) is 5.82 Å². The third kappa shape index (κ3) is 1.90. The van der Waals surface area contributed by atoms with Gasteiger partial charge in [-0.3, -0.25) is 4.40 Å². The molecule has 17 heavy (non-hydrogen) atoms. The second kappa shape index (κ2) is 4.25. The number of aryl methyl sites for hydroxylation is 1. The molecule has 2 aromatic heterocycles. The summed E-state index contributed by atoms with van der Waals surface area (Å²) in [5, 5.41) is 8.31. The van der Waals surface area contributed by atoms with E-state index in [0.717, 1.165) is 43.2 Å². The molecular formula is C11H14BrN5. The number of rotatable bonds is 1. The summed E-state index contributed by atoms with van der Waals surface area (Å²) >= 11 is 3.66. The number of nitrogens with zero attached hydrogens (tertiary/aromatic N) is 5. The Morgan fingerprint density at radius 2 is 2.06 bits per heavy atom. The van der Waals surface area contributed by atoms with Gasteiger partial charge in [0.2, 0.25) is 5.65 Å². The predicted octanol–water partition coefficient (Wildman–Crippen LogP) is 1.80. The molecule has 90 valence electrons. The van der Waals surface area contributed by atoms with E-state index in [9.17, 15) is 0 Å². The van der Waals surface area contributed by atoms with Gasteiger partial charge in [0, 0.05) is 30.3 Å². The average Bonchev–Trinajstić information content (AvgIpc) is 2.73. The van der Waals surface area contributed by atoms with E-state index in [4.69, 9.17) is 0 Å². The van der Waals surface area contributed by atoms with Crippen LogP contribution >= 0.6 is 15.9 Å². The van der Waals surface area contributed by atoms with E-state index < -0.39 is 0 Å². The fourth-order valence-corrected chi connectivity index (χ4v) is 2.62. The third-order valence-corrected chi connectivity index (χ3v) is 4.12. The lowest BCUT2D eigenvalue weighted by atomic mass is 10.1. The molecule has 0 aromatic carbocycles. The molecule has 3 rings (SSSR count). The van der Waals surface area contributed by atoms with E-state index in [2.05, 4.69) is 36.0 Å². The first kappa shape index (κ1) is 11.0. The smallest absolute Gasteiger partial charge is 0.203 e.